The average molecular weight is 493 g/mol. The van der Waals surface area contributed by atoms with Gasteiger partial charge in [0.05, 0.1) is 10.6 Å². The van der Waals surface area contributed by atoms with Crippen molar-refractivity contribution in [1.82, 2.24) is 9.97 Å². The number of fused-ring (bicyclic) bond motifs is 6. The Morgan fingerprint density at radius 3 is 2.50 bits per heavy atom. The molecule has 4 aromatic rings. The van der Waals surface area contributed by atoms with Crippen molar-refractivity contribution in [3.8, 4) is 22.9 Å². The first-order chi connectivity index (χ1) is 16.3. The molecule has 34 heavy (non-hydrogen) atoms. The molecule has 0 atom stereocenters. The van der Waals surface area contributed by atoms with Crippen LogP contribution in [0.15, 0.2) is 71.6 Å². The van der Waals surface area contributed by atoms with Crippen LogP contribution in [0.3, 0.4) is 0 Å². The first-order valence-corrected chi connectivity index (χ1v) is 12.4. The first-order valence-electron chi connectivity index (χ1n) is 10.6. The van der Waals surface area contributed by atoms with E-state index in [1.807, 2.05) is 38.1 Å². The highest BCUT2D eigenvalue weighted by Gasteiger charge is 2.20. The Morgan fingerprint density at radius 1 is 0.941 bits per heavy atom. The molecule has 5 rings (SSSR count). The van der Waals surface area contributed by atoms with Gasteiger partial charge in [-0.1, -0.05) is 35.9 Å². The minimum Gasteiger partial charge on any atom is -0.439 e. The van der Waals surface area contributed by atoms with Crippen LogP contribution in [-0.2, 0) is 16.6 Å². The standard InChI is InChI=1S/C25H21ClN4O3S/c1-15-5-3-6-16(2)24(15)22-13-23-29-25(28-22)30-34(31,32)20-8-4-7-18(12-20)27-14-17-11-19(33-23)9-10-21(17)26/h3-13,27H,14H2,1-2H3,(H,28,29,30). The van der Waals surface area contributed by atoms with E-state index in [1.54, 1.807) is 36.4 Å². The zero-order chi connectivity index (χ0) is 23.9. The van der Waals surface area contributed by atoms with Gasteiger partial charge >= 0.3 is 0 Å². The second-order valence-corrected chi connectivity index (χ2v) is 10.1. The molecule has 0 aliphatic carbocycles. The average Bonchev–Trinajstić information content (AvgIpc) is 2.79. The lowest BCUT2D eigenvalue weighted by molar-refractivity contribution is 0.462. The van der Waals surface area contributed by atoms with Crippen LogP contribution in [0.4, 0.5) is 11.6 Å². The molecule has 0 radical (unpaired) electrons. The number of sulfonamides is 1. The fourth-order valence-electron chi connectivity index (χ4n) is 3.89. The number of aryl methyl sites for hydroxylation is 2. The lowest BCUT2D eigenvalue weighted by Crippen LogP contribution is -2.16. The van der Waals surface area contributed by atoms with Gasteiger partial charge in [0.2, 0.25) is 11.8 Å². The Labute approximate surface area is 202 Å². The Balaban J connectivity index is 1.71. The van der Waals surface area contributed by atoms with Gasteiger partial charge in [-0.05, 0) is 66.9 Å². The molecule has 3 aromatic carbocycles. The molecule has 0 unspecified atom stereocenters. The molecule has 1 aliphatic heterocycles. The van der Waals surface area contributed by atoms with Gasteiger partial charge in [0, 0.05) is 28.9 Å². The molecular formula is C25H21ClN4O3S. The summed E-state index contributed by atoms with van der Waals surface area (Å²) in [4.78, 5) is 8.95. The minimum absolute atomic E-state index is 0.0814. The molecule has 7 nitrogen and oxygen atoms in total. The number of nitrogens with zero attached hydrogens (tertiary/aromatic N) is 2. The maximum atomic E-state index is 13.2. The van der Waals surface area contributed by atoms with E-state index in [0.717, 1.165) is 22.3 Å². The van der Waals surface area contributed by atoms with Crippen molar-refractivity contribution in [3.05, 3.63) is 88.4 Å². The number of ether oxygens (including phenoxy) is 1. The summed E-state index contributed by atoms with van der Waals surface area (Å²) >= 11 is 6.39. The molecule has 0 fully saturated rings. The number of anilines is 2. The van der Waals surface area contributed by atoms with Crippen molar-refractivity contribution in [2.24, 2.45) is 0 Å². The molecule has 0 amide bonds. The normalized spacial score (nSPS) is 14.2. The van der Waals surface area contributed by atoms with Gasteiger partial charge in [-0.2, -0.15) is 4.98 Å². The highest BCUT2D eigenvalue weighted by molar-refractivity contribution is 7.92. The topological polar surface area (TPSA) is 93.2 Å². The summed E-state index contributed by atoms with van der Waals surface area (Å²) < 4.78 is 34.9. The summed E-state index contributed by atoms with van der Waals surface area (Å²) in [5, 5.41) is 3.78. The van der Waals surface area contributed by atoms with Gasteiger partial charge in [-0.3, -0.25) is 0 Å². The fourth-order valence-corrected chi connectivity index (χ4v) is 5.06. The smallest absolute Gasteiger partial charge is 0.264 e. The molecule has 2 heterocycles. The molecule has 1 aliphatic rings. The van der Waals surface area contributed by atoms with E-state index in [1.165, 1.54) is 6.07 Å². The number of rotatable bonds is 1. The van der Waals surface area contributed by atoms with Crippen LogP contribution in [0, 0.1) is 13.8 Å². The van der Waals surface area contributed by atoms with Crippen molar-refractivity contribution in [1.29, 1.82) is 0 Å². The van der Waals surface area contributed by atoms with Crippen LogP contribution in [0.2, 0.25) is 5.02 Å². The number of nitrogens with one attached hydrogen (secondary N) is 2. The Bertz CT molecular complexity index is 1500. The van der Waals surface area contributed by atoms with E-state index in [0.29, 0.717) is 28.7 Å². The summed E-state index contributed by atoms with van der Waals surface area (Å²) in [7, 11) is -3.95. The fraction of sp³-hybridized carbons (Fsp3) is 0.120. The van der Waals surface area contributed by atoms with Gasteiger partial charge < -0.3 is 10.1 Å². The lowest BCUT2D eigenvalue weighted by Gasteiger charge is -2.16. The molecular weight excluding hydrogens is 472 g/mol. The largest absolute Gasteiger partial charge is 0.439 e. The molecule has 2 N–H and O–H groups in total. The van der Waals surface area contributed by atoms with Crippen LogP contribution in [0.25, 0.3) is 11.3 Å². The van der Waals surface area contributed by atoms with Gasteiger partial charge in [-0.15, -0.1) is 0 Å². The summed E-state index contributed by atoms with van der Waals surface area (Å²) in [5.41, 5.74) is 4.87. The predicted molar refractivity (Wildman–Crippen MR) is 133 cm³/mol. The van der Waals surface area contributed by atoms with E-state index < -0.39 is 10.0 Å². The number of halogens is 1. The lowest BCUT2D eigenvalue weighted by atomic mass is 10.00. The quantitative estimate of drug-likeness (QED) is 0.342. The highest BCUT2D eigenvalue weighted by atomic mass is 35.5. The summed E-state index contributed by atoms with van der Waals surface area (Å²) in [6.07, 6.45) is 0. The molecule has 6 bridgehead atoms. The zero-order valence-corrected chi connectivity index (χ0v) is 20.0. The van der Waals surface area contributed by atoms with Crippen molar-refractivity contribution in [2.45, 2.75) is 25.3 Å². The number of hydrogen-bond acceptors (Lipinski definition) is 6. The third-order valence-corrected chi connectivity index (χ3v) is 7.23. The SMILES string of the molecule is Cc1cccc(C)c1-c1cc2nc(n1)NS(=O)(=O)c1cccc(c1)NCc1cc(ccc1Cl)O2. The maximum Gasteiger partial charge on any atom is 0.264 e. The van der Waals surface area contributed by atoms with Gasteiger partial charge in [0.15, 0.2) is 0 Å². The molecule has 172 valence electrons. The number of benzene rings is 3. The number of aromatic nitrogens is 2. The second-order valence-electron chi connectivity index (χ2n) is 8.02. The zero-order valence-electron chi connectivity index (χ0n) is 18.5. The van der Waals surface area contributed by atoms with Gasteiger partial charge in [0.25, 0.3) is 10.0 Å². The van der Waals surface area contributed by atoms with Crippen molar-refractivity contribution < 1.29 is 13.2 Å². The van der Waals surface area contributed by atoms with Crippen molar-refractivity contribution >= 4 is 33.3 Å². The minimum atomic E-state index is -3.95. The first kappa shape index (κ1) is 22.2. The highest BCUT2D eigenvalue weighted by Crippen LogP contribution is 2.32. The summed E-state index contributed by atoms with van der Waals surface area (Å²) in [6, 6.07) is 19.5. The van der Waals surface area contributed by atoms with E-state index in [-0.39, 0.29) is 16.7 Å². The van der Waals surface area contributed by atoms with E-state index >= 15 is 0 Å². The Hall–Kier alpha value is -3.62. The predicted octanol–water partition coefficient (Wildman–Crippen LogP) is 5.93. The Morgan fingerprint density at radius 2 is 1.71 bits per heavy atom. The molecule has 9 heteroatoms. The molecule has 0 saturated carbocycles. The number of hydrogen-bond donors (Lipinski definition) is 2. The van der Waals surface area contributed by atoms with Crippen LogP contribution in [0.5, 0.6) is 11.6 Å². The van der Waals surface area contributed by atoms with Crippen LogP contribution in [-0.4, -0.2) is 18.4 Å². The Kier molecular flexibility index (Phi) is 5.63. The van der Waals surface area contributed by atoms with Crippen LogP contribution >= 0.6 is 11.6 Å². The monoisotopic (exact) mass is 492 g/mol. The molecule has 0 spiro atoms. The van der Waals surface area contributed by atoms with Crippen LogP contribution < -0.4 is 14.8 Å². The third kappa shape index (κ3) is 4.42. The second kappa shape index (κ2) is 8.62. The van der Waals surface area contributed by atoms with E-state index in [9.17, 15) is 8.42 Å². The summed E-state index contributed by atoms with van der Waals surface area (Å²) in [5.74, 6) is 0.643. The maximum absolute atomic E-state index is 13.2. The molecule has 0 saturated heterocycles. The third-order valence-electron chi connectivity index (χ3n) is 5.53. The van der Waals surface area contributed by atoms with Crippen molar-refractivity contribution in [3.63, 3.8) is 0 Å². The van der Waals surface area contributed by atoms with Gasteiger partial charge in [0.1, 0.15) is 5.75 Å². The van der Waals surface area contributed by atoms with Crippen LogP contribution in [0.1, 0.15) is 16.7 Å². The van der Waals surface area contributed by atoms with E-state index in [4.69, 9.17) is 16.3 Å². The van der Waals surface area contributed by atoms with Crippen molar-refractivity contribution in [2.75, 3.05) is 10.0 Å². The van der Waals surface area contributed by atoms with Gasteiger partial charge in [-0.25, -0.2) is 18.1 Å². The summed E-state index contributed by atoms with van der Waals surface area (Å²) in [6.45, 7) is 4.34. The van der Waals surface area contributed by atoms with E-state index in [2.05, 4.69) is 20.0 Å². The molecule has 1 aromatic heterocycles.